The Morgan fingerprint density at radius 2 is 1.90 bits per heavy atom. The van der Waals surface area contributed by atoms with Crippen LogP contribution in [0.15, 0.2) is 27.7 Å². The molecule has 0 N–H and O–H groups in total. The molecule has 0 aromatic carbocycles. The van der Waals surface area contributed by atoms with Gasteiger partial charge in [0.1, 0.15) is 11.5 Å². The third-order valence-corrected chi connectivity index (χ3v) is 8.14. The third kappa shape index (κ3) is 3.28. The zero-order chi connectivity index (χ0) is 20.4. The number of nitrogens with zero attached hydrogens (tertiary/aromatic N) is 5. The summed E-state index contributed by atoms with van der Waals surface area (Å²) < 4.78 is 10.6. The molecule has 2 unspecified atom stereocenters. The molecular formula is C20H16BrCl2N5OS. The Morgan fingerprint density at radius 3 is 2.53 bits per heavy atom. The van der Waals surface area contributed by atoms with Crippen LogP contribution in [0.4, 0.5) is 5.13 Å². The molecule has 3 fully saturated rings. The number of halogens is 3. The van der Waals surface area contributed by atoms with E-state index in [9.17, 15) is 0 Å². The van der Waals surface area contributed by atoms with Gasteiger partial charge >= 0.3 is 0 Å². The molecule has 30 heavy (non-hydrogen) atoms. The molecule has 3 aromatic rings. The van der Waals surface area contributed by atoms with Crippen LogP contribution in [-0.4, -0.2) is 32.6 Å². The van der Waals surface area contributed by atoms with Gasteiger partial charge in [-0.25, -0.2) is 0 Å². The monoisotopic (exact) mass is 523 g/mol. The van der Waals surface area contributed by atoms with E-state index in [4.69, 9.17) is 27.7 Å². The molecule has 0 radical (unpaired) electrons. The number of rotatable bonds is 5. The minimum absolute atomic E-state index is 0.440. The summed E-state index contributed by atoms with van der Waals surface area (Å²) in [5, 5.41) is 6.30. The number of pyridine rings is 1. The summed E-state index contributed by atoms with van der Waals surface area (Å²) in [4.78, 5) is 10.8. The predicted molar refractivity (Wildman–Crippen MR) is 121 cm³/mol. The molecule has 0 amide bonds. The van der Waals surface area contributed by atoms with Gasteiger partial charge in [-0.2, -0.15) is 9.36 Å². The van der Waals surface area contributed by atoms with E-state index in [1.165, 1.54) is 11.5 Å². The lowest BCUT2D eigenvalue weighted by atomic mass is 10.0. The highest BCUT2D eigenvalue weighted by Gasteiger charge is 2.54. The highest BCUT2D eigenvalue weighted by molar-refractivity contribution is 9.10. The average molecular weight is 525 g/mol. The minimum atomic E-state index is 0.440. The molecule has 0 bridgehead atoms. The fraction of sp³-hybridized carbons (Fsp3) is 0.400. The Balaban J connectivity index is 1.25. The average Bonchev–Trinajstić information content (AvgIpc) is 3.49. The molecule has 2 saturated carbocycles. The lowest BCUT2D eigenvalue weighted by Crippen LogP contribution is -2.23. The van der Waals surface area contributed by atoms with E-state index in [-0.39, 0.29) is 0 Å². The van der Waals surface area contributed by atoms with Crippen molar-refractivity contribution in [2.75, 3.05) is 18.0 Å². The molecule has 10 heteroatoms. The minimum Gasteiger partial charge on any atom is -0.360 e. The molecule has 1 aliphatic heterocycles. The van der Waals surface area contributed by atoms with Gasteiger partial charge in [-0.15, -0.1) is 0 Å². The molecule has 154 valence electrons. The number of allylic oxidation sites excluding steroid dienone is 1. The largest absolute Gasteiger partial charge is 0.360 e. The van der Waals surface area contributed by atoms with Crippen molar-refractivity contribution >= 4 is 61.9 Å². The Labute approximate surface area is 195 Å². The lowest BCUT2D eigenvalue weighted by Gasteiger charge is -2.16. The van der Waals surface area contributed by atoms with E-state index < -0.39 is 0 Å². The fourth-order valence-electron chi connectivity index (χ4n) is 4.48. The Kier molecular flexibility index (Phi) is 4.67. The van der Waals surface area contributed by atoms with Crippen molar-refractivity contribution in [3.8, 4) is 11.3 Å². The molecule has 1 saturated heterocycles. The Bertz CT molecular complexity index is 1130. The van der Waals surface area contributed by atoms with Gasteiger partial charge in [-0.3, -0.25) is 4.98 Å². The van der Waals surface area contributed by atoms with Gasteiger partial charge in [0.05, 0.1) is 10.0 Å². The first-order valence-electron chi connectivity index (χ1n) is 9.81. The highest BCUT2D eigenvalue weighted by Crippen LogP contribution is 2.54. The molecule has 2 aliphatic carbocycles. The summed E-state index contributed by atoms with van der Waals surface area (Å²) >= 11 is 17.6. The van der Waals surface area contributed by atoms with Crippen LogP contribution in [0.2, 0.25) is 10.0 Å². The first-order chi connectivity index (χ1) is 14.6. The van der Waals surface area contributed by atoms with E-state index >= 15 is 0 Å². The molecule has 3 aliphatic rings. The van der Waals surface area contributed by atoms with Crippen LogP contribution >= 0.6 is 50.7 Å². The maximum absolute atomic E-state index is 6.40. The van der Waals surface area contributed by atoms with Crippen LogP contribution in [-0.2, 0) is 0 Å². The zero-order valence-corrected chi connectivity index (χ0v) is 19.5. The van der Waals surface area contributed by atoms with E-state index in [1.807, 2.05) is 0 Å². The van der Waals surface area contributed by atoms with E-state index in [2.05, 4.69) is 52.5 Å². The molecule has 2 atom stereocenters. The van der Waals surface area contributed by atoms with Gasteiger partial charge in [0.15, 0.2) is 0 Å². The SMILES string of the molecule is Clc1cncc(Cl)c1-c1noc(C2CC2)c1C=CC1C2CN(c3nc(Br)ns3)CC12. The van der Waals surface area contributed by atoms with Crippen molar-refractivity contribution in [3.63, 3.8) is 0 Å². The van der Waals surface area contributed by atoms with Crippen LogP contribution in [0.3, 0.4) is 0 Å². The number of fused-ring (bicyclic) bond motifs is 1. The van der Waals surface area contributed by atoms with Gasteiger partial charge in [0.2, 0.25) is 9.87 Å². The van der Waals surface area contributed by atoms with Crippen molar-refractivity contribution in [2.24, 2.45) is 17.8 Å². The van der Waals surface area contributed by atoms with Crippen molar-refractivity contribution in [1.29, 1.82) is 0 Å². The second-order valence-electron chi connectivity index (χ2n) is 8.08. The topological polar surface area (TPSA) is 67.9 Å². The third-order valence-electron chi connectivity index (χ3n) is 6.20. The van der Waals surface area contributed by atoms with Crippen molar-refractivity contribution < 1.29 is 4.52 Å². The molecule has 4 heterocycles. The molecular weight excluding hydrogens is 509 g/mol. The van der Waals surface area contributed by atoms with Gasteiger partial charge in [0.25, 0.3) is 0 Å². The maximum atomic E-state index is 6.40. The predicted octanol–water partition coefficient (Wildman–Crippen LogP) is 5.93. The van der Waals surface area contributed by atoms with Crippen molar-refractivity contribution in [2.45, 2.75) is 18.8 Å². The van der Waals surface area contributed by atoms with E-state index in [0.29, 0.717) is 49.7 Å². The highest BCUT2D eigenvalue weighted by atomic mass is 79.9. The fourth-order valence-corrected chi connectivity index (χ4v) is 6.11. The van der Waals surface area contributed by atoms with Crippen LogP contribution in [0.1, 0.15) is 30.1 Å². The van der Waals surface area contributed by atoms with Crippen LogP contribution in [0.25, 0.3) is 17.3 Å². The summed E-state index contributed by atoms with van der Waals surface area (Å²) in [6.07, 6.45) is 9.93. The Morgan fingerprint density at radius 1 is 1.17 bits per heavy atom. The summed E-state index contributed by atoms with van der Waals surface area (Å²) in [7, 11) is 0. The van der Waals surface area contributed by atoms with Crippen LogP contribution in [0, 0.1) is 17.8 Å². The van der Waals surface area contributed by atoms with Crippen LogP contribution < -0.4 is 4.90 Å². The molecule has 3 aromatic heterocycles. The van der Waals surface area contributed by atoms with Gasteiger partial charge in [0, 0.05) is 54.1 Å². The summed E-state index contributed by atoms with van der Waals surface area (Å²) in [6, 6.07) is 0. The normalized spacial score (nSPS) is 25.3. The standard InChI is InChI=1S/C20H16BrCl2N5OS/c21-19-25-20(30-27-19)28-7-12-10(13(12)8-28)3-4-11-17(26-29-18(11)9-1-2-9)16-14(22)5-24-6-15(16)23/h3-6,9-10,12-13H,1-2,7-8H2. The van der Waals surface area contributed by atoms with Crippen molar-refractivity contribution in [3.05, 3.63) is 44.6 Å². The number of hydrogen-bond acceptors (Lipinski definition) is 7. The van der Waals surface area contributed by atoms with Crippen molar-refractivity contribution in [1.82, 2.24) is 19.5 Å². The molecule has 6 rings (SSSR count). The second-order valence-corrected chi connectivity index (χ2v) is 10.3. The number of piperidine rings is 1. The van der Waals surface area contributed by atoms with Gasteiger partial charge in [-0.05, 0) is 46.5 Å². The first-order valence-corrected chi connectivity index (χ1v) is 12.1. The second kappa shape index (κ2) is 7.29. The maximum Gasteiger partial charge on any atom is 0.210 e. The molecule has 6 nitrogen and oxygen atoms in total. The summed E-state index contributed by atoms with van der Waals surface area (Å²) in [5.74, 6) is 3.26. The summed E-state index contributed by atoms with van der Waals surface area (Å²) in [6.45, 7) is 2.05. The molecule has 0 spiro atoms. The van der Waals surface area contributed by atoms with Crippen LogP contribution in [0.5, 0.6) is 0 Å². The quantitative estimate of drug-likeness (QED) is 0.412. The van der Waals surface area contributed by atoms with Gasteiger partial charge in [-0.1, -0.05) is 40.5 Å². The number of hydrogen-bond donors (Lipinski definition) is 0. The van der Waals surface area contributed by atoms with E-state index in [0.717, 1.165) is 42.4 Å². The Hall–Kier alpha value is -1.48. The number of anilines is 1. The summed E-state index contributed by atoms with van der Waals surface area (Å²) in [5.41, 5.74) is 2.40. The first kappa shape index (κ1) is 19.2. The number of aromatic nitrogens is 4. The van der Waals surface area contributed by atoms with E-state index in [1.54, 1.807) is 12.4 Å². The smallest absolute Gasteiger partial charge is 0.210 e. The zero-order valence-electron chi connectivity index (χ0n) is 15.6. The van der Waals surface area contributed by atoms with Gasteiger partial charge < -0.3 is 9.42 Å². The lowest BCUT2D eigenvalue weighted by molar-refractivity contribution is 0.386.